The van der Waals surface area contributed by atoms with Crippen LogP contribution in [0.4, 0.5) is 0 Å². The molecule has 1 saturated heterocycles. The molecular formula is C79H156N4O6S2. The predicted octanol–water partition coefficient (Wildman–Crippen LogP) is 20.7. The zero-order chi connectivity index (χ0) is 65.8. The summed E-state index contributed by atoms with van der Waals surface area (Å²) in [6, 6.07) is 0. The van der Waals surface area contributed by atoms with Crippen LogP contribution in [0.15, 0.2) is 24.3 Å². The number of carbonyl (C=O) groups excluding carboxylic acids is 1. The first kappa shape index (κ1) is 88.3. The van der Waals surface area contributed by atoms with E-state index >= 15 is 0 Å². The van der Waals surface area contributed by atoms with Crippen LogP contribution in [-0.4, -0.2) is 167 Å². The molecule has 4 N–H and O–H groups in total. The van der Waals surface area contributed by atoms with Crippen LogP contribution in [0.3, 0.4) is 0 Å². The van der Waals surface area contributed by atoms with Gasteiger partial charge in [-0.05, 0) is 103 Å². The summed E-state index contributed by atoms with van der Waals surface area (Å²) in [4.78, 5) is 22.6. The Bertz CT molecular complexity index is 1450. The quantitative estimate of drug-likeness (QED) is 0.0201. The second-order valence-corrected chi connectivity index (χ2v) is 30.8. The summed E-state index contributed by atoms with van der Waals surface area (Å²) >= 11 is 0. The Kier molecular flexibility index (Phi) is 68.6. The summed E-state index contributed by atoms with van der Waals surface area (Å²) in [5.74, 6) is 2.04. The molecule has 4 atom stereocenters. The van der Waals surface area contributed by atoms with Gasteiger partial charge in [-0.2, -0.15) is 0 Å². The largest absolute Gasteiger partial charge is 0.464 e. The molecule has 0 amide bonds. The van der Waals surface area contributed by atoms with E-state index < -0.39 is 12.2 Å². The van der Waals surface area contributed by atoms with Crippen molar-refractivity contribution in [1.29, 1.82) is 0 Å². The zero-order valence-electron chi connectivity index (χ0n) is 61.0. The molecule has 1 aliphatic heterocycles. The number of unbranched alkanes of at least 4 members (excludes halogenated alkanes) is 38. The number of rotatable bonds is 73. The number of hydrogen-bond acceptors (Lipinski definition) is 12. The summed E-state index contributed by atoms with van der Waals surface area (Å²) in [6.07, 6.45) is 69.7. The lowest BCUT2D eigenvalue weighted by Gasteiger charge is -2.34. The monoisotopic (exact) mass is 1320 g/mol. The molecule has 4 unspecified atom stereocenters. The fourth-order valence-electron chi connectivity index (χ4n) is 13.0. The van der Waals surface area contributed by atoms with Crippen molar-refractivity contribution in [2.24, 2.45) is 0 Å². The lowest BCUT2D eigenvalue weighted by Crippen LogP contribution is -2.47. The van der Waals surface area contributed by atoms with E-state index in [0.717, 1.165) is 141 Å². The van der Waals surface area contributed by atoms with Gasteiger partial charge in [-0.15, -0.1) is 0 Å². The topological polar surface area (TPSA) is 120 Å². The zero-order valence-corrected chi connectivity index (χ0v) is 62.6. The van der Waals surface area contributed by atoms with Crippen LogP contribution in [0.2, 0.25) is 0 Å². The van der Waals surface area contributed by atoms with E-state index in [2.05, 4.69) is 71.6 Å². The van der Waals surface area contributed by atoms with Crippen LogP contribution in [0.25, 0.3) is 0 Å². The van der Waals surface area contributed by atoms with Crippen molar-refractivity contribution in [3.8, 4) is 0 Å². The number of ether oxygens (including phenoxy) is 1. The second kappa shape index (κ2) is 70.6. The average molecular weight is 1320 g/mol. The molecule has 1 fully saturated rings. The summed E-state index contributed by atoms with van der Waals surface area (Å²) < 4.78 is 5.78. The molecule has 1 rings (SSSR count). The van der Waals surface area contributed by atoms with Gasteiger partial charge in [0.25, 0.3) is 0 Å². The Balaban J connectivity index is 2.44. The maximum absolute atomic E-state index is 13.0. The molecule has 0 spiro atoms. The van der Waals surface area contributed by atoms with Crippen molar-refractivity contribution in [3.63, 3.8) is 0 Å². The van der Waals surface area contributed by atoms with Gasteiger partial charge in [0.15, 0.2) is 0 Å². The number of nitrogens with zero attached hydrogens (tertiary/aromatic N) is 4. The summed E-state index contributed by atoms with van der Waals surface area (Å²) in [5, 5.41) is 44.6. The van der Waals surface area contributed by atoms with Crippen LogP contribution in [0.5, 0.6) is 0 Å². The summed E-state index contributed by atoms with van der Waals surface area (Å²) in [7, 11) is 3.95. The maximum Gasteiger partial charge on any atom is 0.305 e. The highest BCUT2D eigenvalue weighted by Crippen LogP contribution is 2.24. The van der Waals surface area contributed by atoms with Crippen molar-refractivity contribution in [2.75, 3.05) is 96.6 Å². The molecule has 10 nitrogen and oxygen atoms in total. The third-order valence-electron chi connectivity index (χ3n) is 19.0. The Labute approximate surface area is 574 Å². The van der Waals surface area contributed by atoms with Crippen LogP contribution < -0.4 is 0 Å². The van der Waals surface area contributed by atoms with Crippen molar-refractivity contribution in [1.82, 2.24) is 19.6 Å². The van der Waals surface area contributed by atoms with Gasteiger partial charge in [0.05, 0.1) is 24.4 Å². The number of allylic oxidation sites excluding steroid dienone is 4. The highest BCUT2D eigenvalue weighted by Gasteiger charge is 2.20. The highest BCUT2D eigenvalue weighted by atomic mass is 33.1. The van der Waals surface area contributed by atoms with Gasteiger partial charge in [-0.1, -0.05) is 305 Å². The average Bonchev–Trinajstić information content (AvgIpc) is 3.71. The van der Waals surface area contributed by atoms with E-state index in [-0.39, 0.29) is 18.2 Å². The van der Waals surface area contributed by atoms with E-state index in [1.54, 1.807) is 0 Å². The van der Waals surface area contributed by atoms with E-state index in [1.165, 1.54) is 231 Å². The number of esters is 1. The molecule has 0 saturated carbocycles. The van der Waals surface area contributed by atoms with Crippen LogP contribution in [0.1, 0.15) is 355 Å². The number of aliphatic hydroxyl groups is 4. The number of carbonyl (C=O) groups is 1. The normalized spacial score (nSPS) is 14.9. The number of hydrogen-bond donors (Lipinski definition) is 4. The van der Waals surface area contributed by atoms with Crippen LogP contribution in [0, 0.1) is 0 Å². The summed E-state index contributed by atoms with van der Waals surface area (Å²) in [6.45, 7) is 19.5. The molecule has 0 bridgehead atoms. The molecule has 0 aromatic heterocycles. The van der Waals surface area contributed by atoms with Gasteiger partial charge in [0, 0.05) is 83.4 Å². The smallest absolute Gasteiger partial charge is 0.305 e. The maximum atomic E-state index is 13.0. The minimum atomic E-state index is -0.429. The molecule has 0 aliphatic carbocycles. The molecular weight excluding hydrogens is 1170 g/mol. The molecule has 12 heteroatoms. The molecule has 0 aromatic rings. The third kappa shape index (κ3) is 63.8. The van der Waals surface area contributed by atoms with Gasteiger partial charge in [0.1, 0.15) is 6.61 Å². The van der Waals surface area contributed by atoms with Crippen molar-refractivity contribution >= 4 is 27.6 Å². The second-order valence-electron chi connectivity index (χ2n) is 28.1. The Morgan fingerprint density at radius 1 is 0.363 bits per heavy atom. The van der Waals surface area contributed by atoms with Crippen molar-refractivity contribution in [3.05, 3.63) is 24.3 Å². The van der Waals surface area contributed by atoms with E-state index in [4.69, 9.17) is 4.74 Å². The number of piperazine rings is 1. The first-order valence-electron chi connectivity index (χ1n) is 40.0. The van der Waals surface area contributed by atoms with Gasteiger partial charge in [-0.25, -0.2) is 0 Å². The first-order chi connectivity index (χ1) is 44.7. The van der Waals surface area contributed by atoms with Gasteiger partial charge < -0.3 is 25.2 Å². The molecule has 1 aliphatic rings. The molecule has 0 radical (unpaired) electrons. The van der Waals surface area contributed by atoms with E-state index in [0.29, 0.717) is 52.2 Å². The number of aliphatic hydroxyl groups excluding tert-OH is 4. The minimum Gasteiger partial charge on any atom is -0.464 e. The van der Waals surface area contributed by atoms with E-state index in [9.17, 15) is 25.2 Å². The minimum absolute atomic E-state index is 0.147. The third-order valence-corrected chi connectivity index (χ3v) is 21.5. The van der Waals surface area contributed by atoms with Crippen LogP contribution in [-0.2, 0) is 9.53 Å². The Hall–Kier alpha value is -0.670. The van der Waals surface area contributed by atoms with Crippen molar-refractivity contribution in [2.45, 2.75) is 380 Å². The van der Waals surface area contributed by atoms with E-state index in [1.807, 2.05) is 21.6 Å². The highest BCUT2D eigenvalue weighted by molar-refractivity contribution is 8.76. The summed E-state index contributed by atoms with van der Waals surface area (Å²) in [5.41, 5.74) is 0. The lowest BCUT2D eigenvalue weighted by molar-refractivity contribution is -0.144. The molecule has 0 aromatic carbocycles. The van der Waals surface area contributed by atoms with Gasteiger partial charge >= 0.3 is 5.97 Å². The van der Waals surface area contributed by atoms with Crippen molar-refractivity contribution < 1.29 is 30.0 Å². The standard InChI is InChI=1S/C79H156N4O6S2/c1-5-9-13-17-21-25-29-31-33-35-39-43-47-49-55-75(84)71-82(72-76(85)56-50-48-44-40-36-34-32-30-26-22-18-14-10-6-2)60-53-59-79(88)89-68-66-80-62-64-81(65-63-80)67-70-91-90-69-54-61-83(73-77(86)57-51-45-41-37-27-23-19-15-11-7-3)74-78(87)58-52-46-42-38-28-24-20-16-12-8-4/h31-34,75-78,84-87H,5-30,35-74H2,1-4H3/b33-31-,34-32-. The Morgan fingerprint density at radius 2 is 0.637 bits per heavy atom. The fraction of sp³-hybridized carbons (Fsp3) is 0.937. The molecule has 540 valence electrons. The van der Waals surface area contributed by atoms with Gasteiger partial charge in [-0.3, -0.25) is 24.4 Å². The molecule has 1 heterocycles. The SMILES string of the molecule is CCCCCCCC/C=C\CCCCCCC(O)CN(CCCC(=O)OCCN1CCN(CCSSCCCN(CC(O)CCCCCCCCCCCC)CC(O)CCCCCCCCCCCC)CC1)CC(O)CCCCCC/C=C\CCCCCCCC. The van der Waals surface area contributed by atoms with Gasteiger partial charge in [0.2, 0.25) is 0 Å². The lowest BCUT2D eigenvalue weighted by atomic mass is 10.0. The predicted molar refractivity (Wildman–Crippen MR) is 402 cm³/mol. The first-order valence-corrected chi connectivity index (χ1v) is 42.5. The Morgan fingerprint density at radius 3 is 0.967 bits per heavy atom. The molecule has 91 heavy (non-hydrogen) atoms. The fourth-order valence-corrected chi connectivity index (χ4v) is 15.1. The van der Waals surface area contributed by atoms with Crippen LogP contribution >= 0.6 is 21.6 Å².